The zero-order chi connectivity index (χ0) is 14.3. The molecule has 0 unspecified atom stereocenters. The third kappa shape index (κ3) is 1.91. The Morgan fingerprint density at radius 1 is 1.00 bits per heavy atom. The van der Waals surface area contributed by atoms with Crippen LogP contribution in [-0.2, 0) is 0 Å². The van der Waals surface area contributed by atoms with Crippen LogP contribution in [0.25, 0.3) is 22.3 Å². The number of phenolic OH excluding ortho intramolecular Hbond substituents is 2. The van der Waals surface area contributed by atoms with E-state index in [0.29, 0.717) is 22.3 Å². The standard InChI is InChI=1S/C16H12O4/c1-9-3-2-4-14-16(9)13(19)8-15(20-14)10-5-6-11(17)12(18)7-10/h2-8,17-18H,1H3. The van der Waals surface area contributed by atoms with Gasteiger partial charge in [0, 0.05) is 11.6 Å². The highest BCUT2D eigenvalue weighted by atomic mass is 16.3. The fourth-order valence-corrected chi connectivity index (χ4v) is 2.20. The highest BCUT2D eigenvalue weighted by Crippen LogP contribution is 2.31. The van der Waals surface area contributed by atoms with Crippen molar-refractivity contribution in [3.8, 4) is 22.8 Å². The quantitative estimate of drug-likeness (QED) is 0.665. The Labute approximate surface area is 114 Å². The van der Waals surface area contributed by atoms with Gasteiger partial charge in [0.2, 0.25) is 0 Å². The van der Waals surface area contributed by atoms with Crippen LogP contribution in [0, 0.1) is 6.92 Å². The molecule has 0 radical (unpaired) electrons. The summed E-state index contributed by atoms with van der Waals surface area (Å²) >= 11 is 0. The molecule has 0 atom stereocenters. The predicted octanol–water partition coefficient (Wildman–Crippen LogP) is 3.18. The van der Waals surface area contributed by atoms with Crippen LogP contribution in [0.15, 0.2) is 51.7 Å². The third-order valence-corrected chi connectivity index (χ3v) is 3.22. The maximum atomic E-state index is 12.2. The number of benzene rings is 2. The largest absolute Gasteiger partial charge is 0.504 e. The molecule has 0 saturated carbocycles. The molecule has 0 amide bonds. The molecule has 3 aromatic rings. The molecular formula is C16H12O4. The number of hydrogen-bond acceptors (Lipinski definition) is 4. The molecule has 0 saturated heterocycles. The van der Waals surface area contributed by atoms with Gasteiger partial charge in [-0.3, -0.25) is 4.79 Å². The summed E-state index contributed by atoms with van der Waals surface area (Å²) in [6.07, 6.45) is 0. The van der Waals surface area contributed by atoms with Crippen LogP contribution >= 0.6 is 0 Å². The molecule has 0 aliphatic rings. The minimum atomic E-state index is -0.255. The Morgan fingerprint density at radius 3 is 2.55 bits per heavy atom. The molecule has 100 valence electrons. The van der Waals surface area contributed by atoms with Gasteiger partial charge in [-0.2, -0.15) is 0 Å². The molecule has 20 heavy (non-hydrogen) atoms. The molecule has 0 aliphatic heterocycles. The van der Waals surface area contributed by atoms with Crippen molar-refractivity contribution in [2.45, 2.75) is 6.92 Å². The normalized spacial score (nSPS) is 10.8. The van der Waals surface area contributed by atoms with Gasteiger partial charge in [0.1, 0.15) is 11.3 Å². The number of hydrogen-bond donors (Lipinski definition) is 2. The van der Waals surface area contributed by atoms with Gasteiger partial charge < -0.3 is 14.6 Å². The van der Waals surface area contributed by atoms with Crippen molar-refractivity contribution in [3.05, 3.63) is 58.3 Å². The van der Waals surface area contributed by atoms with Crippen molar-refractivity contribution in [1.29, 1.82) is 0 Å². The molecular weight excluding hydrogens is 256 g/mol. The lowest BCUT2D eigenvalue weighted by molar-refractivity contribution is 0.404. The molecule has 0 bridgehead atoms. The lowest BCUT2D eigenvalue weighted by Crippen LogP contribution is -2.02. The molecule has 0 spiro atoms. The molecule has 4 nitrogen and oxygen atoms in total. The van der Waals surface area contributed by atoms with Crippen LogP contribution in [0.3, 0.4) is 0 Å². The first-order chi connectivity index (χ1) is 9.56. The van der Waals surface area contributed by atoms with E-state index < -0.39 is 0 Å². The maximum absolute atomic E-state index is 12.2. The van der Waals surface area contributed by atoms with Gasteiger partial charge in [0.25, 0.3) is 0 Å². The van der Waals surface area contributed by atoms with E-state index in [-0.39, 0.29) is 16.9 Å². The van der Waals surface area contributed by atoms with E-state index in [1.54, 1.807) is 12.1 Å². The Balaban J connectivity index is 2.27. The van der Waals surface area contributed by atoms with Gasteiger partial charge >= 0.3 is 0 Å². The number of rotatable bonds is 1. The zero-order valence-corrected chi connectivity index (χ0v) is 10.8. The SMILES string of the molecule is Cc1cccc2oc(-c3ccc(O)c(O)c3)cc(=O)c12. The van der Waals surface area contributed by atoms with Gasteiger partial charge in [0.05, 0.1) is 5.39 Å². The summed E-state index contributed by atoms with van der Waals surface area (Å²) in [5.74, 6) is -0.120. The van der Waals surface area contributed by atoms with Crippen LogP contribution < -0.4 is 5.43 Å². The summed E-state index contributed by atoms with van der Waals surface area (Å²) in [5.41, 5.74) is 1.75. The summed E-state index contributed by atoms with van der Waals surface area (Å²) in [4.78, 5) is 12.2. The van der Waals surface area contributed by atoms with E-state index in [9.17, 15) is 15.0 Å². The first-order valence-electron chi connectivity index (χ1n) is 6.12. The topological polar surface area (TPSA) is 70.7 Å². The van der Waals surface area contributed by atoms with Crippen molar-refractivity contribution >= 4 is 11.0 Å². The Hall–Kier alpha value is -2.75. The van der Waals surface area contributed by atoms with E-state index in [0.717, 1.165) is 5.56 Å². The second kappa shape index (κ2) is 4.42. The average molecular weight is 268 g/mol. The minimum Gasteiger partial charge on any atom is -0.504 e. The summed E-state index contributed by atoms with van der Waals surface area (Å²) in [7, 11) is 0. The summed E-state index contributed by atoms with van der Waals surface area (Å²) < 4.78 is 5.71. The molecule has 2 N–H and O–H groups in total. The first kappa shape index (κ1) is 12.3. The average Bonchev–Trinajstić information content (AvgIpc) is 2.41. The van der Waals surface area contributed by atoms with E-state index in [1.165, 1.54) is 18.2 Å². The molecule has 0 aliphatic carbocycles. The van der Waals surface area contributed by atoms with Crippen molar-refractivity contribution in [3.63, 3.8) is 0 Å². The number of phenols is 2. The van der Waals surface area contributed by atoms with E-state index >= 15 is 0 Å². The Kier molecular flexibility index (Phi) is 2.71. The Morgan fingerprint density at radius 2 is 1.80 bits per heavy atom. The molecule has 1 heterocycles. The summed E-state index contributed by atoms with van der Waals surface area (Å²) in [6.45, 7) is 1.85. The zero-order valence-electron chi connectivity index (χ0n) is 10.8. The van der Waals surface area contributed by atoms with Crippen LogP contribution in [0.4, 0.5) is 0 Å². The lowest BCUT2D eigenvalue weighted by atomic mass is 10.1. The van der Waals surface area contributed by atoms with Crippen LogP contribution in [0.1, 0.15) is 5.56 Å². The Bertz CT molecular complexity index is 862. The summed E-state index contributed by atoms with van der Waals surface area (Å²) in [6, 6.07) is 11.1. The van der Waals surface area contributed by atoms with Crippen molar-refractivity contribution < 1.29 is 14.6 Å². The smallest absolute Gasteiger partial charge is 0.193 e. The van der Waals surface area contributed by atoms with Gasteiger partial charge in [-0.15, -0.1) is 0 Å². The highest BCUT2D eigenvalue weighted by Gasteiger charge is 2.10. The van der Waals surface area contributed by atoms with E-state index in [2.05, 4.69) is 0 Å². The number of aryl methyl sites for hydroxylation is 1. The van der Waals surface area contributed by atoms with E-state index in [1.807, 2.05) is 19.1 Å². The van der Waals surface area contributed by atoms with E-state index in [4.69, 9.17) is 4.42 Å². The minimum absolute atomic E-state index is 0.132. The van der Waals surface area contributed by atoms with Crippen LogP contribution in [0.5, 0.6) is 11.5 Å². The molecule has 0 fully saturated rings. The molecule has 1 aromatic heterocycles. The van der Waals surface area contributed by atoms with Crippen LogP contribution in [-0.4, -0.2) is 10.2 Å². The molecule has 4 heteroatoms. The maximum Gasteiger partial charge on any atom is 0.193 e. The fourth-order valence-electron chi connectivity index (χ4n) is 2.20. The lowest BCUT2D eigenvalue weighted by Gasteiger charge is -2.06. The van der Waals surface area contributed by atoms with Crippen molar-refractivity contribution in [1.82, 2.24) is 0 Å². The van der Waals surface area contributed by atoms with Crippen LogP contribution in [0.2, 0.25) is 0 Å². The van der Waals surface area contributed by atoms with Gasteiger partial charge in [-0.25, -0.2) is 0 Å². The first-order valence-corrected chi connectivity index (χ1v) is 6.12. The van der Waals surface area contributed by atoms with Gasteiger partial charge in [0.15, 0.2) is 16.9 Å². The second-order valence-electron chi connectivity index (χ2n) is 4.63. The van der Waals surface area contributed by atoms with Crippen molar-refractivity contribution in [2.24, 2.45) is 0 Å². The number of fused-ring (bicyclic) bond motifs is 1. The summed E-state index contributed by atoms with van der Waals surface area (Å²) in [5, 5.41) is 19.4. The molecule has 2 aromatic carbocycles. The van der Waals surface area contributed by atoms with Gasteiger partial charge in [-0.05, 0) is 36.8 Å². The fraction of sp³-hybridized carbons (Fsp3) is 0.0625. The third-order valence-electron chi connectivity index (χ3n) is 3.22. The van der Waals surface area contributed by atoms with Crippen molar-refractivity contribution in [2.75, 3.05) is 0 Å². The van der Waals surface area contributed by atoms with Gasteiger partial charge in [-0.1, -0.05) is 12.1 Å². The highest BCUT2D eigenvalue weighted by molar-refractivity contribution is 5.82. The number of aromatic hydroxyl groups is 2. The molecule has 3 rings (SSSR count). The monoisotopic (exact) mass is 268 g/mol. The predicted molar refractivity (Wildman–Crippen MR) is 76.0 cm³/mol. The second-order valence-corrected chi connectivity index (χ2v) is 4.63.